The van der Waals surface area contributed by atoms with E-state index in [9.17, 15) is 9.59 Å². The predicted molar refractivity (Wildman–Crippen MR) is 98.1 cm³/mol. The van der Waals surface area contributed by atoms with E-state index in [4.69, 9.17) is 0 Å². The number of amides is 2. The summed E-state index contributed by atoms with van der Waals surface area (Å²) in [6.45, 7) is 3.81. The summed E-state index contributed by atoms with van der Waals surface area (Å²) in [4.78, 5) is 25.9. The second-order valence-electron chi connectivity index (χ2n) is 5.93. The lowest BCUT2D eigenvalue weighted by atomic mass is 10.2. The van der Waals surface area contributed by atoms with Gasteiger partial charge in [0, 0.05) is 49.7 Å². The number of benzene rings is 1. The molecule has 0 radical (unpaired) electrons. The molecule has 0 unspecified atom stereocenters. The minimum absolute atomic E-state index is 0.376. The molecule has 0 fully saturated rings. The molecule has 7 heteroatoms. The second kappa shape index (κ2) is 7.65. The molecule has 1 heterocycles. The minimum atomic E-state index is -0.417. The monoisotopic (exact) mass is 341 g/mol. The van der Waals surface area contributed by atoms with Crippen LogP contribution >= 0.6 is 0 Å². The van der Waals surface area contributed by atoms with Crippen LogP contribution in [0.2, 0.25) is 0 Å². The maximum Gasteiger partial charge on any atom is 0.269 e. The Labute approximate surface area is 147 Å². The minimum Gasteiger partial charge on any atom is -0.378 e. The Morgan fingerprint density at radius 3 is 2.52 bits per heavy atom. The van der Waals surface area contributed by atoms with Gasteiger partial charge < -0.3 is 4.90 Å². The highest BCUT2D eigenvalue weighted by Gasteiger charge is 2.09. The molecule has 0 aliphatic carbocycles. The summed E-state index contributed by atoms with van der Waals surface area (Å²) in [6, 6.07) is 7.13. The van der Waals surface area contributed by atoms with Gasteiger partial charge in [0.25, 0.3) is 11.8 Å². The number of nitrogens with zero attached hydrogens (tertiary/aromatic N) is 3. The Hall–Kier alpha value is -3.09. The molecule has 0 aliphatic rings. The fourth-order valence-electron chi connectivity index (χ4n) is 2.35. The van der Waals surface area contributed by atoms with Crippen LogP contribution in [0.5, 0.6) is 0 Å². The van der Waals surface area contributed by atoms with Crippen molar-refractivity contribution in [3.63, 3.8) is 0 Å². The number of nitrogens with one attached hydrogen (secondary N) is 2. The van der Waals surface area contributed by atoms with Crippen LogP contribution in [0.4, 0.5) is 5.69 Å². The number of rotatable bonds is 4. The summed E-state index contributed by atoms with van der Waals surface area (Å²) in [5, 5.41) is 4.28. The van der Waals surface area contributed by atoms with Gasteiger partial charge in [-0.1, -0.05) is 6.07 Å². The van der Waals surface area contributed by atoms with Gasteiger partial charge in [-0.2, -0.15) is 5.10 Å². The van der Waals surface area contributed by atoms with Crippen molar-refractivity contribution in [2.24, 2.45) is 7.05 Å². The van der Waals surface area contributed by atoms with Gasteiger partial charge >= 0.3 is 0 Å². The molecule has 0 spiro atoms. The average molecular weight is 341 g/mol. The number of carbonyl (C=O) groups is 2. The fourth-order valence-corrected chi connectivity index (χ4v) is 2.35. The SMILES string of the molecule is Cc1nn(C)c(C)c1C=CC(=O)NNC(=O)c1cccc(N(C)C)c1. The van der Waals surface area contributed by atoms with E-state index in [2.05, 4.69) is 16.0 Å². The van der Waals surface area contributed by atoms with E-state index in [0.717, 1.165) is 22.6 Å². The molecule has 2 N–H and O–H groups in total. The molecule has 0 saturated carbocycles. The van der Waals surface area contributed by atoms with Gasteiger partial charge in [0.1, 0.15) is 0 Å². The molecule has 2 aromatic rings. The first-order valence-corrected chi connectivity index (χ1v) is 7.85. The third kappa shape index (κ3) is 4.47. The average Bonchev–Trinajstić information content (AvgIpc) is 2.83. The maximum atomic E-state index is 12.1. The smallest absolute Gasteiger partial charge is 0.269 e. The van der Waals surface area contributed by atoms with Crippen LogP contribution in [-0.4, -0.2) is 35.7 Å². The van der Waals surface area contributed by atoms with Gasteiger partial charge in [-0.05, 0) is 38.1 Å². The first kappa shape index (κ1) is 18.3. The van der Waals surface area contributed by atoms with Gasteiger partial charge in [0.15, 0.2) is 0 Å². The van der Waals surface area contributed by atoms with Crippen molar-refractivity contribution in [2.75, 3.05) is 19.0 Å². The van der Waals surface area contributed by atoms with Crippen LogP contribution in [0.15, 0.2) is 30.3 Å². The number of aromatic nitrogens is 2. The zero-order valence-corrected chi connectivity index (χ0v) is 15.1. The number of hydrogen-bond donors (Lipinski definition) is 2. The topological polar surface area (TPSA) is 79.3 Å². The normalized spacial score (nSPS) is 10.8. The first-order chi connectivity index (χ1) is 11.8. The van der Waals surface area contributed by atoms with Gasteiger partial charge in [-0.3, -0.25) is 25.1 Å². The highest BCUT2D eigenvalue weighted by atomic mass is 16.2. The van der Waals surface area contributed by atoms with E-state index in [1.807, 2.05) is 46.0 Å². The lowest BCUT2D eigenvalue weighted by Crippen LogP contribution is -2.40. The molecule has 132 valence electrons. The summed E-state index contributed by atoms with van der Waals surface area (Å²) in [5.74, 6) is -0.793. The standard InChI is InChI=1S/C18H23N5O2/c1-12-16(13(2)23(5)21-12)9-10-17(24)19-20-18(25)14-7-6-8-15(11-14)22(3)4/h6-11H,1-5H3,(H,19,24)(H,20,25). The molecule has 0 saturated heterocycles. The third-order valence-electron chi connectivity index (χ3n) is 3.89. The molecule has 0 atom stereocenters. The highest BCUT2D eigenvalue weighted by Crippen LogP contribution is 2.14. The van der Waals surface area contributed by atoms with Gasteiger partial charge in [0.05, 0.1) is 5.69 Å². The zero-order chi connectivity index (χ0) is 18.6. The van der Waals surface area contributed by atoms with Crippen molar-refractivity contribution in [3.8, 4) is 0 Å². The van der Waals surface area contributed by atoms with Crippen LogP contribution in [0.1, 0.15) is 27.3 Å². The summed E-state index contributed by atoms with van der Waals surface area (Å²) in [6.07, 6.45) is 3.05. The second-order valence-corrected chi connectivity index (χ2v) is 5.93. The number of hydrazine groups is 1. The van der Waals surface area contributed by atoms with Crippen LogP contribution in [0.25, 0.3) is 6.08 Å². The fraction of sp³-hybridized carbons (Fsp3) is 0.278. The number of carbonyl (C=O) groups excluding carboxylic acids is 2. The predicted octanol–water partition coefficient (Wildman–Crippen LogP) is 1.58. The molecule has 2 amide bonds. The van der Waals surface area contributed by atoms with Gasteiger partial charge in [0.2, 0.25) is 0 Å². The summed E-state index contributed by atoms with van der Waals surface area (Å²) in [5.41, 5.74) is 8.85. The number of anilines is 1. The Bertz CT molecular complexity index is 821. The Morgan fingerprint density at radius 2 is 1.92 bits per heavy atom. The van der Waals surface area contributed by atoms with E-state index < -0.39 is 5.91 Å². The van der Waals surface area contributed by atoms with Crippen molar-refractivity contribution < 1.29 is 9.59 Å². The Kier molecular flexibility index (Phi) is 5.59. The molecule has 2 rings (SSSR count). The molecule has 1 aromatic heterocycles. The highest BCUT2D eigenvalue weighted by molar-refractivity contribution is 5.98. The maximum absolute atomic E-state index is 12.1. The molecular weight excluding hydrogens is 318 g/mol. The van der Waals surface area contributed by atoms with Crippen LogP contribution < -0.4 is 15.8 Å². The van der Waals surface area contributed by atoms with Crippen molar-refractivity contribution in [1.82, 2.24) is 20.6 Å². The molecule has 0 bridgehead atoms. The first-order valence-electron chi connectivity index (χ1n) is 7.85. The largest absolute Gasteiger partial charge is 0.378 e. The number of hydrogen-bond acceptors (Lipinski definition) is 4. The van der Waals surface area contributed by atoms with Gasteiger partial charge in [-0.25, -0.2) is 0 Å². The van der Waals surface area contributed by atoms with Crippen molar-refractivity contribution in [3.05, 3.63) is 52.9 Å². The molecule has 7 nitrogen and oxygen atoms in total. The third-order valence-corrected chi connectivity index (χ3v) is 3.89. The quantitative estimate of drug-likeness (QED) is 0.654. The lowest BCUT2D eigenvalue weighted by molar-refractivity contribution is -0.117. The van der Waals surface area contributed by atoms with Crippen molar-refractivity contribution >= 4 is 23.6 Å². The van der Waals surface area contributed by atoms with E-state index >= 15 is 0 Å². The molecule has 25 heavy (non-hydrogen) atoms. The van der Waals surface area contributed by atoms with Crippen LogP contribution in [0, 0.1) is 13.8 Å². The van der Waals surface area contributed by atoms with Gasteiger partial charge in [-0.15, -0.1) is 0 Å². The summed E-state index contributed by atoms with van der Waals surface area (Å²) in [7, 11) is 5.64. The van der Waals surface area contributed by atoms with Crippen molar-refractivity contribution in [1.29, 1.82) is 0 Å². The molecular formula is C18H23N5O2. The molecule has 0 aliphatic heterocycles. The van der Waals surface area contributed by atoms with E-state index in [1.54, 1.807) is 29.0 Å². The number of aryl methyl sites for hydroxylation is 2. The molecule has 1 aromatic carbocycles. The van der Waals surface area contributed by atoms with E-state index in [-0.39, 0.29) is 5.91 Å². The zero-order valence-electron chi connectivity index (χ0n) is 15.1. The Morgan fingerprint density at radius 1 is 1.20 bits per heavy atom. The van der Waals surface area contributed by atoms with E-state index in [0.29, 0.717) is 5.56 Å². The van der Waals surface area contributed by atoms with E-state index in [1.165, 1.54) is 6.08 Å². The lowest BCUT2D eigenvalue weighted by Gasteiger charge is -2.13. The van der Waals surface area contributed by atoms with Crippen LogP contribution in [0.3, 0.4) is 0 Å². The Balaban J connectivity index is 1.96. The van der Waals surface area contributed by atoms with Crippen LogP contribution in [-0.2, 0) is 11.8 Å². The summed E-state index contributed by atoms with van der Waals surface area (Å²) >= 11 is 0. The summed E-state index contributed by atoms with van der Waals surface area (Å²) < 4.78 is 1.76. The van der Waals surface area contributed by atoms with Crippen molar-refractivity contribution in [2.45, 2.75) is 13.8 Å².